The maximum absolute atomic E-state index is 6.46. The SMILES string of the molecule is COc1cnc2c(c1)C(N)C1(CCNCC1)C2. The van der Waals surface area contributed by atoms with Crippen molar-refractivity contribution in [1.82, 2.24) is 10.3 Å². The third-order valence-corrected chi connectivity index (χ3v) is 4.33. The van der Waals surface area contributed by atoms with Crippen molar-refractivity contribution in [3.05, 3.63) is 23.5 Å². The Morgan fingerprint density at radius 3 is 2.94 bits per heavy atom. The molecule has 3 N–H and O–H groups in total. The van der Waals surface area contributed by atoms with Gasteiger partial charge in [-0.15, -0.1) is 0 Å². The Morgan fingerprint density at radius 2 is 2.24 bits per heavy atom. The summed E-state index contributed by atoms with van der Waals surface area (Å²) in [6, 6.07) is 2.17. The summed E-state index contributed by atoms with van der Waals surface area (Å²) in [7, 11) is 1.67. The van der Waals surface area contributed by atoms with Gasteiger partial charge in [-0.1, -0.05) is 0 Å². The van der Waals surface area contributed by atoms with Gasteiger partial charge in [-0.25, -0.2) is 0 Å². The number of hydrogen-bond acceptors (Lipinski definition) is 4. The molecule has 0 aromatic carbocycles. The minimum atomic E-state index is 0.113. The van der Waals surface area contributed by atoms with Crippen LogP contribution < -0.4 is 15.8 Å². The van der Waals surface area contributed by atoms with Crippen molar-refractivity contribution < 1.29 is 4.74 Å². The lowest BCUT2D eigenvalue weighted by atomic mass is 9.74. The van der Waals surface area contributed by atoms with E-state index in [1.54, 1.807) is 13.3 Å². The minimum absolute atomic E-state index is 0.113. The van der Waals surface area contributed by atoms with Gasteiger partial charge in [0.1, 0.15) is 5.75 Å². The number of rotatable bonds is 1. The second-order valence-electron chi connectivity index (χ2n) is 5.18. The molecule has 1 unspecified atom stereocenters. The number of pyridine rings is 1. The molecule has 1 spiro atoms. The van der Waals surface area contributed by atoms with Crippen molar-refractivity contribution in [3.63, 3.8) is 0 Å². The fraction of sp³-hybridized carbons (Fsp3) is 0.615. The van der Waals surface area contributed by atoms with Crippen LogP contribution in [0.3, 0.4) is 0 Å². The van der Waals surface area contributed by atoms with Gasteiger partial charge in [0, 0.05) is 11.7 Å². The molecule has 2 heterocycles. The molecule has 0 saturated carbocycles. The summed E-state index contributed by atoms with van der Waals surface area (Å²) in [5.41, 5.74) is 9.04. The Hall–Kier alpha value is -1.13. The van der Waals surface area contributed by atoms with Crippen molar-refractivity contribution in [3.8, 4) is 5.75 Å². The highest BCUT2D eigenvalue weighted by Gasteiger charge is 2.45. The zero-order valence-corrected chi connectivity index (χ0v) is 10.2. The molecule has 3 rings (SSSR count). The van der Waals surface area contributed by atoms with Crippen molar-refractivity contribution in [2.24, 2.45) is 11.1 Å². The molecule has 92 valence electrons. The first-order chi connectivity index (χ1) is 8.25. The maximum atomic E-state index is 6.46. The highest BCUT2D eigenvalue weighted by atomic mass is 16.5. The number of nitrogens with two attached hydrogens (primary N) is 1. The lowest BCUT2D eigenvalue weighted by molar-refractivity contribution is 0.173. The van der Waals surface area contributed by atoms with Gasteiger partial charge < -0.3 is 15.8 Å². The fourth-order valence-electron chi connectivity index (χ4n) is 3.20. The van der Waals surface area contributed by atoms with Crippen LogP contribution in [0.5, 0.6) is 5.75 Å². The Bertz CT molecular complexity index is 427. The molecule has 0 bridgehead atoms. The number of methoxy groups -OCH3 is 1. The third-order valence-electron chi connectivity index (χ3n) is 4.33. The molecule has 4 heteroatoms. The van der Waals surface area contributed by atoms with Gasteiger partial charge in [0.25, 0.3) is 0 Å². The molecule has 1 atom stereocenters. The van der Waals surface area contributed by atoms with Gasteiger partial charge in [-0.2, -0.15) is 0 Å². The van der Waals surface area contributed by atoms with Crippen molar-refractivity contribution in [1.29, 1.82) is 0 Å². The van der Waals surface area contributed by atoms with Gasteiger partial charge >= 0.3 is 0 Å². The summed E-state index contributed by atoms with van der Waals surface area (Å²) in [5, 5.41) is 3.41. The standard InChI is InChI=1S/C13H19N3O/c1-17-9-6-10-11(16-8-9)7-13(12(10)14)2-4-15-5-3-13/h6,8,12,15H,2-5,7,14H2,1H3. The molecule has 1 fully saturated rings. The summed E-state index contributed by atoms with van der Waals surface area (Å²) < 4.78 is 5.23. The molecular formula is C13H19N3O. The van der Waals surface area contributed by atoms with Gasteiger partial charge in [-0.05, 0) is 49.4 Å². The number of nitrogens with one attached hydrogen (secondary N) is 1. The molecular weight excluding hydrogens is 214 g/mol. The zero-order chi connectivity index (χ0) is 11.9. The molecule has 4 nitrogen and oxygen atoms in total. The second kappa shape index (κ2) is 3.96. The van der Waals surface area contributed by atoms with Gasteiger partial charge in [-0.3, -0.25) is 4.98 Å². The maximum Gasteiger partial charge on any atom is 0.137 e. The molecule has 1 aromatic rings. The van der Waals surface area contributed by atoms with Gasteiger partial charge in [0.15, 0.2) is 0 Å². The summed E-state index contributed by atoms with van der Waals surface area (Å²) in [4.78, 5) is 4.50. The minimum Gasteiger partial charge on any atom is -0.495 e. The molecule has 1 aliphatic heterocycles. The molecule has 17 heavy (non-hydrogen) atoms. The molecule has 0 radical (unpaired) electrons. The number of aromatic nitrogens is 1. The van der Waals surface area contributed by atoms with Gasteiger partial charge in [0.05, 0.1) is 13.3 Å². The predicted octanol–water partition coefficient (Wildman–Crippen LogP) is 1.02. The average Bonchev–Trinajstić information content (AvgIpc) is 2.63. The summed E-state index contributed by atoms with van der Waals surface area (Å²) in [6.07, 6.45) is 5.11. The molecule has 1 saturated heterocycles. The first kappa shape index (κ1) is 11.0. The van der Waals surface area contributed by atoms with E-state index in [0.717, 1.165) is 38.1 Å². The van der Waals surface area contributed by atoms with Crippen LogP contribution in [0, 0.1) is 5.41 Å². The number of fused-ring (bicyclic) bond motifs is 1. The van der Waals surface area contributed by atoms with E-state index in [0.29, 0.717) is 0 Å². The van der Waals surface area contributed by atoms with E-state index in [4.69, 9.17) is 10.5 Å². The normalized spacial score (nSPS) is 25.9. The number of ether oxygens (including phenoxy) is 1. The van der Waals surface area contributed by atoms with Crippen LogP contribution in [0.4, 0.5) is 0 Å². The second-order valence-corrected chi connectivity index (χ2v) is 5.18. The van der Waals surface area contributed by atoms with Crippen LogP contribution in [0.2, 0.25) is 0 Å². The smallest absolute Gasteiger partial charge is 0.137 e. The third kappa shape index (κ3) is 1.63. The van der Waals surface area contributed by atoms with E-state index in [1.807, 2.05) is 0 Å². The van der Waals surface area contributed by atoms with Crippen LogP contribution in [-0.4, -0.2) is 25.2 Å². The Kier molecular flexibility index (Phi) is 2.56. The molecule has 2 aliphatic rings. The fourth-order valence-corrected chi connectivity index (χ4v) is 3.20. The molecule has 1 aromatic heterocycles. The van der Waals surface area contributed by atoms with Crippen LogP contribution in [-0.2, 0) is 6.42 Å². The topological polar surface area (TPSA) is 60.2 Å². The largest absolute Gasteiger partial charge is 0.495 e. The first-order valence-corrected chi connectivity index (χ1v) is 6.24. The van der Waals surface area contributed by atoms with E-state index in [-0.39, 0.29) is 11.5 Å². The van der Waals surface area contributed by atoms with Crippen LogP contribution in [0.1, 0.15) is 30.1 Å². The lowest BCUT2D eigenvalue weighted by Crippen LogP contribution is -2.42. The van der Waals surface area contributed by atoms with Crippen LogP contribution in [0.15, 0.2) is 12.3 Å². The monoisotopic (exact) mass is 233 g/mol. The zero-order valence-electron chi connectivity index (χ0n) is 10.2. The van der Waals surface area contributed by atoms with Crippen molar-refractivity contribution in [2.45, 2.75) is 25.3 Å². The number of piperidine rings is 1. The summed E-state index contributed by atoms with van der Waals surface area (Å²) >= 11 is 0. The Balaban J connectivity index is 1.96. The number of nitrogens with zero attached hydrogens (tertiary/aromatic N) is 1. The number of hydrogen-bond donors (Lipinski definition) is 2. The summed E-state index contributed by atoms with van der Waals surface area (Å²) in [6.45, 7) is 2.14. The van der Waals surface area contributed by atoms with Crippen LogP contribution in [0.25, 0.3) is 0 Å². The van der Waals surface area contributed by atoms with E-state index < -0.39 is 0 Å². The summed E-state index contributed by atoms with van der Waals surface area (Å²) in [5.74, 6) is 0.810. The van der Waals surface area contributed by atoms with E-state index in [9.17, 15) is 0 Å². The first-order valence-electron chi connectivity index (χ1n) is 6.24. The van der Waals surface area contributed by atoms with E-state index >= 15 is 0 Å². The highest BCUT2D eigenvalue weighted by molar-refractivity contribution is 5.38. The predicted molar refractivity (Wildman–Crippen MR) is 66.0 cm³/mol. The average molecular weight is 233 g/mol. The van der Waals surface area contributed by atoms with Crippen LogP contribution >= 0.6 is 0 Å². The van der Waals surface area contributed by atoms with E-state index in [2.05, 4.69) is 16.4 Å². The quantitative estimate of drug-likeness (QED) is 0.760. The molecule has 0 amide bonds. The Labute approximate surface area is 102 Å². The Morgan fingerprint density at radius 1 is 1.47 bits per heavy atom. The van der Waals surface area contributed by atoms with Crippen molar-refractivity contribution in [2.75, 3.05) is 20.2 Å². The lowest BCUT2D eigenvalue weighted by Gasteiger charge is -2.37. The van der Waals surface area contributed by atoms with E-state index in [1.165, 1.54) is 11.3 Å². The highest BCUT2D eigenvalue weighted by Crippen LogP contribution is 2.49. The van der Waals surface area contributed by atoms with Gasteiger partial charge in [0.2, 0.25) is 0 Å². The molecule has 1 aliphatic carbocycles. The van der Waals surface area contributed by atoms with Crippen molar-refractivity contribution >= 4 is 0 Å².